The lowest BCUT2D eigenvalue weighted by atomic mass is 10.1. The fourth-order valence-corrected chi connectivity index (χ4v) is 3.63. The van der Waals surface area contributed by atoms with Crippen molar-refractivity contribution in [3.63, 3.8) is 0 Å². The van der Waals surface area contributed by atoms with Gasteiger partial charge in [-0.15, -0.1) is 10.2 Å². The molecule has 1 N–H and O–H groups in total. The van der Waals surface area contributed by atoms with E-state index < -0.39 is 6.10 Å². The Labute approximate surface area is 114 Å². The Morgan fingerprint density at radius 1 is 1.39 bits per heavy atom. The number of aromatic nitrogens is 2. The van der Waals surface area contributed by atoms with Gasteiger partial charge in [-0.2, -0.15) is 0 Å². The molecule has 0 aliphatic carbocycles. The van der Waals surface area contributed by atoms with Crippen molar-refractivity contribution in [1.82, 2.24) is 10.2 Å². The lowest BCUT2D eigenvalue weighted by Gasteiger charge is -2.14. The highest BCUT2D eigenvalue weighted by molar-refractivity contribution is 8.01. The van der Waals surface area contributed by atoms with E-state index in [0.717, 1.165) is 19.8 Å². The van der Waals surface area contributed by atoms with Gasteiger partial charge in [0.25, 0.3) is 0 Å². The van der Waals surface area contributed by atoms with E-state index in [4.69, 9.17) is 4.74 Å². The summed E-state index contributed by atoms with van der Waals surface area (Å²) in [5.74, 6) is 0.691. The van der Waals surface area contributed by atoms with Crippen LogP contribution in [-0.4, -0.2) is 22.4 Å². The summed E-state index contributed by atoms with van der Waals surface area (Å²) < 4.78 is 6.15. The Balaban J connectivity index is 2.37. The smallest absolute Gasteiger partial charge is 0.179 e. The van der Waals surface area contributed by atoms with Gasteiger partial charge in [0.15, 0.2) is 4.34 Å². The first-order valence-electron chi connectivity index (χ1n) is 5.44. The summed E-state index contributed by atoms with van der Waals surface area (Å²) in [5.41, 5.74) is 0.790. The molecule has 0 spiro atoms. The molecule has 0 aliphatic rings. The molecule has 0 bridgehead atoms. The minimum Gasteiger partial charge on any atom is -0.496 e. The van der Waals surface area contributed by atoms with E-state index in [1.807, 2.05) is 25.1 Å². The minimum absolute atomic E-state index is 0.585. The maximum atomic E-state index is 9.87. The summed E-state index contributed by atoms with van der Waals surface area (Å²) in [7, 11) is 1.60. The van der Waals surface area contributed by atoms with E-state index in [-0.39, 0.29) is 0 Å². The van der Waals surface area contributed by atoms with Crippen LogP contribution in [0.25, 0.3) is 0 Å². The Morgan fingerprint density at radius 3 is 2.72 bits per heavy atom. The number of hydrogen-bond acceptors (Lipinski definition) is 6. The molecule has 4 nitrogen and oxygen atoms in total. The summed E-state index contributed by atoms with van der Waals surface area (Å²) >= 11 is 3.03. The molecule has 2 aromatic rings. The fraction of sp³-hybridized carbons (Fsp3) is 0.333. The largest absolute Gasteiger partial charge is 0.496 e. The number of hydrogen-bond donors (Lipinski definition) is 1. The Hall–Kier alpha value is -1.11. The van der Waals surface area contributed by atoms with Crippen molar-refractivity contribution in [2.45, 2.75) is 29.2 Å². The zero-order valence-corrected chi connectivity index (χ0v) is 12.0. The van der Waals surface area contributed by atoms with E-state index >= 15 is 0 Å². The van der Waals surface area contributed by atoms with Crippen LogP contribution in [0.15, 0.2) is 27.4 Å². The number of rotatable bonds is 4. The van der Waals surface area contributed by atoms with Gasteiger partial charge in [0, 0.05) is 10.5 Å². The molecule has 1 atom stereocenters. The van der Waals surface area contributed by atoms with Gasteiger partial charge in [-0.1, -0.05) is 29.2 Å². The topological polar surface area (TPSA) is 55.2 Å². The zero-order valence-electron chi connectivity index (χ0n) is 10.4. The highest BCUT2D eigenvalue weighted by Gasteiger charge is 2.16. The minimum atomic E-state index is -0.585. The lowest BCUT2D eigenvalue weighted by Crippen LogP contribution is -1.98. The van der Waals surface area contributed by atoms with Gasteiger partial charge in [0.1, 0.15) is 10.8 Å². The Bertz CT molecular complexity index is 541. The van der Waals surface area contributed by atoms with E-state index in [2.05, 4.69) is 10.2 Å². The molecular weight excluding hydrogens is 268 g/mol. The van der Waals surface area contributed by atoms with Gasteiger partial charge in [-0.3, -0.25) is 0 Å². The van der Waals surface area contributed by atoms with Gasteiger partial charge in [-0.25, -0.2) is 0 Å². The highest BCUT2D eigenvalue weighted by atomic mass is 32.2. The summed E-state index contributed by atoms with van der Waals surface area (Å²) in [5, 5.41) is 18.9. The third-order valence-corrected chi connectivity index (χ3v) is 4.33. The number of ether oxygens (including phenoxy) is 1. The Kier molecular flexibility index (Phi) is 4.21. The molecule has 0 radical (unpaired) electrons. The van der Waals surface area contributed by atoms with Crippen molar-refractivity contribution >= 4 is 23.1 Å². The molecule has 0 aliphatic heterocycles. The number of aliphatic hydroxyl groups is 1. The molecule has 6 heteroatoms. The molecule has 2 rings (SSSR count). The average Bonchev–Trinajstić information content (AvgIpc) is 2.74. The van der Waals surface area contributed by atoms with Crippen molar-refractivity contribution in [2.75, 3.05) is 7.11 Å². The van der Waals surface area contributed by atoms with Crippen LogP contribution in [-0.2, 0) is 0 Å². The van der Waals surface area contributed by atoms with E-state index in [1.165, 1.54) is 23.1 Å². The van der Waals surface area contributed by atoms with Gasteiger partial charge >= 0.3 is 0 Å². The third-order valence-electron chi connectivity index (χ3n) is 2.37. The van der Waals surface area contributed by atoms with Crippen LogP contribution in [0.5, 0.6) is 5.75 Å². The van der Waals surface area contributed by atoms with Crippen molar-refractivity contribution < 1.29 is 9.84 Å². The van der Waals surface area contributed by atoms with E-state index in [0.29, 0.717) is 5.75 Å². The molecule has 0 saturated heterocycles. The summed E-state index contributed by atoms with van der Waals surface area (Å²) in [6.07, 6.45) is -0.585. The van der Waals surface area contributed by atoms with Crippen LogP contribution in [0.4, 0.5) is 0 Å². The first-order valence-corrected chi connectivity index (χ1v) is 7.08. The molecule has 18 heavy (non-hydrogen) atoms. The molecule has 0 amide bonds. The first-order chi connectivity index (χ1) is 8.61. The zero-order chi connectivity index (χ0) is 13.1. The number of aryl methyl sites for hydroxylation is 1. The van der Waals surface area contributed by atoms with Crippen LogP contribution in [0.3, 0.4) is 0 Å². The van der Waals surface area contributed by atoms with Crippen molar-refractivity contribution in [3.05, 3.63) is 28.8 Å². The van der Waals surface area contributed by atoms with Gasteiger partial charge in [0.05, 0.1) is 13.2 Å². The second kappa shape index (κ2) is 5.69. The average molecular weight is 282 g/mol. The standard InChI is InChI=1S/C12H14N2O2S2/c1-7(15)11-9(16-3)5-4-6-10(11)18-12-14-13-8(2)17-12/h4-7,15H,1-3H3/t7-/m0/s1. The normalized spacial score (nSPS) is 12.4. The van der Waals surface area contributed by atoms with Crippen LogP contribution < -0.4 is 4.74 Å². The van der Waals surface area contributed by atoms with E-state index in [1.54, 1.807) is 14.0 Å². The Morgan fingerprint density at radius 2 is 2.17 bits per heavy atom. The molecule has 96 valence electrons. The van der Waals surface area contributed by atoms with Crippen molar-refractivity contribution in [3.8, 4) is 5.75 Å². The van der Waals surface area contributed by atoms with Gasteiger partial charge in [-0.05, 0) is 26.0 Å². The first kappa shape index (κ1) is 13.3. The number of aliphatic hydroxyl groups excluding tert-OH is 1. The highest BCUT2D eigenvalue weighted by Crippen LogP contribution is 2.39. The van der Waals surface area contributed by atoms with Crippen LogP contribution in [0.1, 0.15) is 23.6 Å². The lowest BCUT2D eigenvalue weighted by molar-refractivity contribution is 0.191. The second-order valence-corrected chi connectivity index (χ2v) is 6.21. The summed E-state index contributed by atoms with van der Waals surface area (Å²) in [6, 6.07) is 5.70. The third kappa shape index (κ3) is 2.82. The quantitative estimate of drug-likeness (QED) is 0.934. The fourth-order valence-electron chi connectivity index (χ4n) is 1.62. The number of nitrogens with zero attached hydrogens (tertiary/aromatic N) is 2. The maximum Gasteiger partial charge on any atom is 0.179 e. The van der Waals surface area contributed by atoms with Crippen molar-refractivity contribution in [1.29, 1.82) is 0 Å². The molecule has 1 heterocycles. The molecule has 0 saturated carbocycles. The summed E-state index contributed by atoms with van der Waals surface area (Å²) in [6.45, 7) is 3.65. The summed E-state index contributed by atoms with van der Waals surface area (Å²) in [4.78, 5) is 0.945. The molecule has 1 aromatic heterocycles. The monoisotopic (exact) mass is 282 g/mol. The van der Waals surface area contributed by atoms with Gasteiger partial charge < -0.3 is 9.84 Å². The molecule has 0 unspecified atom stereocenters. The van der Waals surface area contributed by atoms with Crippen LogP contribution in [0, 0.1) is 6.92 Å². The van der Waals surface area contributed by atoms with E-state index in [9.17, 15) is 5.11 Å². The molecule has 1 aromatic carbocycles. The molecular formula is C12H14N2O2S2. The SMILES string of the molecule is COc1cccc(Sc2nnc(C)s2)c1[C@H](C)O. The van der Waals surface area contributed by atoms with Crippen LogP contribution >= 0.6 is 23.1 Å². The number of methoxy groups -OCH3 is 1. The second-order valence-electron chi connectivity index (χ2n) is 3.74. The predicted molar refractivity (Wildman–Crippen MR) is 72.4 cm³/mol. The van der Waals surface area contributed by atoms with Crippen LogP contribution in [0.2, 0.25) is 0 Å². The maximum absolute atomic E-state index is 9.87. The number of benzene rings is 1. The molecule has 0 fully saturated rings. The van der Waals surface area contributed by atoms with Crippen molar-refractivity contribution in [2.24, 2.45) is 0 Å². The predicted octanol–water partition coefficient (Wildman–Crippen LogP) is 3.06. The van der Waals surface area contributed by atoms with Gasteiger partial charge in [0.2, 0.25) is 0 Å².